The molecule has 1 aliphatic heterocycles. The van der Waals surface area contributed by atoms with Crippen molar-refractivity contribution in [2.75, 3.05) is 6.61 Å². The molecule has 0 aromatic heterocycles. The molecule has 9 heteroatoms. The molecular weight excluding hydrogens is 607 g/mol. The van der Waals surface area contributed by atoms with Crippen LogP contribution in [0.4, 0.5) is 5.69 Å². The molecule has 0 atom stereocenters. The van der Waals surface area contributed by atoms with E-state index in [0.717, 1.165) is 26.4 Å². The number of ether oxygens (including phenoxy) is 2. The van der Waals surface area contributed by atoms with E-state index in [0.29, 0.717) is 50.5 Å². The molecule has 0 unspecified atom stereocenters. The van der Waals surface area contributed by atoms with Crippen LogP contribution in [-0.4, -0.2) is 17.7 Å². The van der Waals surface area contributed by atoms with E-state index in [1.54, 1.807) is 24.3 Å². The number of amides is 1. The summed E-state index contributed by atoms with van der Waals surface area (Å²) in [7, 11) is 0. The molecule has 1 fully saturated rings. The second-order valence-electron chi connectivity index (χ2n) is 8.27. The monoisotopic (exact) mass is 626 g/mol. The van der Waals surface area contributed by atoms with Gasteiger partial charge in [-0.3, -0.25) is 4.79 Å². The summed E-state index contributed by atoms with van der Waals surface area (Å²) in [6, 6.07) is 23.2. The molecule has 1 amide bonds. The third-order valence-corrected chi connectivity index (χ3v) is 7.90. The summed E-state index contributed by atoms with van der Waals surface area (Å²) in [5.41, 5.74) is 2.46. The number of halogens is 3. The SMILES string of the molecule is CCOc1cc(/C=C2/SC(=Nc3ccc(Cl)c(Cl)c3)NC2=O)cc(Br)c1OCc1cccc2ccccc12. The number of carbonyl (C=O) groups is 1. The summed E-state index contributed by atoms with van der Waals surface area (Å²) in [5.74, 6) is 0.952. The van der Waals surface area contributed by atoms with E-state index in [1.807, 2.05) is 37.3 Å². The third-order valence-electron chi connectivity index (χ3n) is 5.67. The van der Waals surface area contributed by atoms with Crippen LogP contribution in [0.2, 0.25) is 10.0 Å². The number of nitrogens with one attached hydrogen (secondary N) is 1. The highest BCUT2D eigenvalue weighted by atomic mass is 79.9. The van der Waals surface area contributed by atoms with Crippen molar-refractivity contribution in [2.45, 2.75) is 13.5 Å². The summed E-state index contributed by atoms with van der Waals surface area (Å²) < 4.78 is 12.9. The number of fused-ring (bicyclic) bond motifs is 1. The van der Waals surface area contributed by atoms with E-state index in [1.165, 1.54) is 11.8 Å². The number of rotatable bonds is 7. The number of nitrogens with zero attached hydrogens (tertiary/aromatic N) is 1. The Morgan fingerprint density at radius 3 is 2.63 bits per heavy atom. The van der Waals surface area contributed by atoms with Crippen LogP contribution in [0.3, 0.4) is 0 Å². The van der Waals surface area contributed by atoms with E-state index < -0.39 is 0 Å². The Balaban J connectivity index is 1.38. The van der Waals surface area contributed by atoms with Crippen LogP contribution in [0.1, 0.15) is 18.1 Å². The van der Waals surface area contributed by atoms with Crippen molar-refractivity contribution in [3.63, 3.8) is 0 Å². The van der Waals surface area contributed by atoms with Crippen LogP contribution >= 0.6 is 50.9 Å². The maximum absolute atomic E-state index is 12.6. The van der Waals surface area contributed by atoms with Gasteiger partial charge in [0.2, 0.25) is 0 Å². The number of aliphatic imine (C=N–C) groups is 1. The number of thioether (sulfide) groups is 1. The molecule has 5 nitrogen and oxygen atoms in total. The van der Waals surface area contributed by atoms with Gasteiger partial charge in [0.15, 0.2) is 16.7 Å². The number of hydrogen-bond donors (Lipinski definition) is 1. The molecule has 0 saturated carbocycles. The minimum atomic E-state index is -0.237. The van der Waals surface area contributed by atoms with Crippen LogP contribution < -0.4 is 14.8 Å². The Labute approximate surface area is 243 Å². The van der Waals surface area contributed by atoms with Crippen molar-refractivity contribution in [1.29, 1.82) is 0 Å². The molecule has 1 saturated heterocycles. The van der Waals surface area contributed by atoms with Gasteiger partial charge < -0.3 is 14.8 Å². The maximum Gasteiger partial charge on any atom is 0.264 e. The molecule has 4 aromatic carbocycles. The number of benzene rings is 4. The van der Waals surface area contributed by atoms with E-state index >= 15 is 0 Å². The minimum absolute atomic E-state index is 0.237. The second kappa shape index (κ2) is 11.8. The van der Waals surface area contributed by atoms with Gasteiger partial charge in [-0.2, -0.15) is 0 Å². The van der Waals surface area contributed by atoms with Crippen molar-refractivity contribution in [2.24, 2.45) is 4.99 Å². The van der Waals surface area contributed by atoms with Gasteiger partial charge in [-0.15, -0.1) is 0 Å². The first-order valence-corrected chi connectivity index (χ1v) is 14.1. The first-order chi connectivity index (χ1) is 18.4. The number of hydrogen-bond acceptors (Lipinski definition) is 5. The largest absolute Gasteiger partial charge is 0.490 e. The molecule has 0 radical (unpaired) electrons. The topological polar surface area (TPSA) is 59.9 Å². The zero-order chi connectivity index (χ0) is 26.6. The third kappa shape index (κ3) is 6.02. The molecular formula is C29H21BrCl2N2O3S. The fourth-order valence-corrected chi connectivity index (χ4v) is 5.65. The van der Waals surface area contributed by atoms with Crippen molar-refractivity contribution in [3.8, 4) is 11.5 Å². The first kappa shape index (κ1) is 26.6. The second-order valence-corrected chi connectivity index (χ2v) is 11.0. The molecule has 5 rings (SSSR count). The minimum Gasteiger partial charge on any atom is -0.490 e. The van der Waals surface area contributed by atoms with Crippen LogP contribution in [0.15, 0.2) is 87.2 Å². The van der Waals surface area contributed by atoms with E-state index in [9.17, 15) is 4.79 Å². The van der Waals surface area contributed by atoms with Gasteiger partial charge in [-0.05, 0) is 92.9 Å². The van der Waals surface area contributed by atoms with Gasteiger partial charge >= 0.3 is 0 Å². The van der Waals surface area contributed by atoms with Gasteiger partial charge in [0.05, 0.1) is 31.7 Å². The Bertz CT molecular complexity index is 1600. The quantitative estimate of drug-likeness (QED) is 0.208. The Morgan fingerprint density at radius 2 is 1.82 bits per heavy atom. The summed E-state index contributed by atoms with van der Waals surface area (Å²) >= 11 is 16.9. The fraction of sp³-hybridized carbons (Fsp3) is 0.103. The van der Waals surface area contributed by atoms with Crippen LogP contribution in [0.25, 0.3) is 16.8 Å². The summed E-state index contributed by atoms with van der Waals surface area (Å²) in [5, 5.41) is 6.39. The highest BCUT2D eigenvalue weighted by Crippen LogP contribution is 2.39. The van der Waals surface area contributed by atoms with Gasteiger partial charge in [0.25, 0.3) is 5.91 Å². The highest BCUT2D eigenvalue weighted by Gasteiger charge is 2.24. The first-order valence-electron chi connectivity index (χ1n) is 11.7. The lowest BCUT2D eigenvalue weighted by Crippen LogP contribution is -2.19. The van der Waals surface area contributed by atoms with Crippen molar-refractivity contribution in [3.05, 3.63) is 103 Å². The molecule has 192 valence electrons. The molecule has 0 bridgehead atoms. The molecule has 38 heavy (non-hydrogen) atoms. The molecule has 1 aliphatic rings. The van der Waals surface area contributed by atoms with Gasteiger partial charge in [0.1, 0.15) is 6.61 Å². The predicted octanol–water partition coefficient (Wildman–Crippen LogP) is 8.78. The molecule has 1 N–H and O–H groups in total. The molecule has 1 heterocycles. The predicted molar refractivity (Wildman–Crippen MR) is 161 cm³/mol. The standard InChI is InChI=1S/C29H21BrCl2N2O3S/c1-2-36-25-13-17(14-26-28(35)34-29(38-26)33-20-10-11-23(31)24(32)15-20)12-22(30)27(25)37-16-19-8-5-7-18-6-3-4-9-21(18)19/h3-15H,2,16H2,1H3,(H,33,34,35)/b26-14+. The average Bonchev–Trinajstić information content (AvgIpc) is 3.24. The summed E-state index contributed by atoms with van der Waals surface area (Å²) in [4.78, 5) is 17.6. The van der Waals surface area contributed by atoms with E-state index in [4.69, 9.17) is 32.7 Å². The van der Waals surface area contributed by atoms with Crippen molar-refractivity contribution >= 4 is 84.5 Å². The lowest BCUT2D eigenvalue weighted by atomic mass is 10.1. The van der Waals surface area contributed by atoms with E-state index in [2.05, 4.69) is 50.5 Å². The molecule has 0 spiro atoms. The maximum atomic E-state index is 12.6. The Kier molecular flexibility index (Phi) is 8.29. The Morgan fingerprint density at radius 1 is 1.00 bits per heavy atom. The highest BCUT2D eigenvalue weighted by molar-refractivity contribution is 9.10. The van der Waals surface area contributed by atoms with Crippen LogP contribution in [0.5, 0.6) is 11.5 Å². The van der Waals surface area contributed by atoms with Gasteiger partial charge in [-0.25, -0.2) is 4.99 Å². The average molecular weight is 628 g/mol. The van der Waals surface area contributed by atoms with Crippen molar-refractivity contribution < 1.29 is 14.3 Å². The summed E-state index contributed by atoms with van der Waals surface area (Å²) in [6.45, 7) is 2.76. The normalized spacial score (nSPS) is 15.3. The van der Waals surface area contributed by atoms with E-state index in [-0.39, 0.29) is 5.91 Å². The van der Waals surface area contributed by atoms with Gasteiger partial charge in [-0.1, -0.05) is 65.7 Å². The number of carbonyl (C=O) groups excluding carboxylic acids is 1. The molecule has 0 aliphatic carbocycles. The molecule has 4 aromatic rings. The van der Waals surface area contributed by atoms with Crippen LogP contribution in [-0.2, 0) is 11.4 Å². The fourth-order valence-electron chi connectivity index (χ4n) is 3.95. The van der Waals surface area contributed by atoms with Crippen LogP contribution in [0, 0.1) is 0 Å². The summed E-state index contributed by atoms with van der Waals surface area (Å²) in [6.07, 6.45) is 1.79. The Hall–Kier alpha value is -2.97. The number of amidine groups is 1. The van der Waals surface area contributed by atoms with Gasteiger partial charge in [0, 0.05) is 0 Å². The lowest BCUT2D eigenvalue weighted by molar-refractivity contribution is -0.115. The smallest absolute Gasteiger partial charge is 0.264 e. The van der Waals surface area contributed by atoms with Crippen molar-refractivity contribution in [1.82, 2.24) is 5.32 Å². The lowest BCUT2D eigenvalue weighted by Gasteiger charge is -2.15. The zero-order valence-electron chi connectivity index (χ0n) is 20.1. The zero-order valence-corrected chi connectivity index (χ0v) is 24.0.